The average Bonchev–Trinajstić information content (AvgIpc) is 2.88. The van der Waals surface area contributed by atoms with Crippen LogP contribution in [0.3, 0.4) is 0 Å². The van der Waals surface area contributed by atoms with Gasteiger partial charge < -0.3 is 10.6 Å². The molecular weight excluding hydrogens is 314 g/mol. The first-order valence-electron chi connectivity index (χ1n) is 8.58. The fraction of sp³-hybridized carbons (Fsp3) is 0.368. The highest BCUT2D eigenvalue weighted by Gasteiger charge is 2.44. The van der Waals surface area contributed by atoms with Gasteiger partial charge in [-0.2, -0.15) is 5.26 Å². The number of anilines is 2. The van der Waals surface area contributed by atoms with E-state index in [1.807, 2.05) is 19.1 Å². The number of aromatic nitrogens is 2. The quantitative estimate of drug-likeness (QED) is 0.880. The van der Waals surface area contributed by atoms with E-state index >= 15 is 0 Å². The number of carbonyl (C=O) groups excluding carboxylic acids is 1. The Hall–Kier alpha value is -2.94. The number of nitrogens with one attached hydrogen (secondary N) is 2. The molecule has 1 aromatic carbocycles. The summed E-state index contributed by atoms with van der Waals surface area (Å²) in [6.07, 6.45) is 8.33. The number of aryl methyl sites for hydroxylation is 1. The van der Waals surface area contributed by atoms with Gasteiger partial charge in [0.15, 0.2) is 5.82 Å². The number of amides is 1. The molecule has 1 fully saturated rings. The number of carbonyl (C=O) groups is 1. The monoisotopic (exact) mass is 333 g/mol. The molecule has 2 heterocycles. The second-order valence-corrected chi connectivity index (χ2v) is 6.83. The Kier molecular flexibility index (Phi) is 3.65. The Morgan fingerprint density at radius 3 is 2.84 bits per heavy atom. The van der Waals surface area contributed by atoms with E-state index in [1.54, 1.807) is 0 Å². The molecule has 1 spiro atoms. The Morgan fingerprint density at radius 2 is 2.08 bits per heavy atom. The standard InChI is InChI=1S/C19H19N5O/c1-12-7-14(23-17-13(9-20)10-21-11-22-17)8-15-16(12)18(25)24-19(15)5-3-2-4-6-19/h7-8,10-11H,2-6H2,1H3,(H,24,25)(H,21,22,23). The van der Waals surface area contributed by atoms with Crippen LogP contribution in [0.2, 0.25) is 0 Å². The third kappa shape index (κ3) is 2.52. The van der Waals surface area contributed by atoms with Crippen molar-refractivity contribution in [1.29, 1.82) is 5.26 Å². The van der Waals surface area contributed by atoms with Gasteiger partial charge in [-0.1, -0.05) is 19.3 Å². The predicted molar refractivity (Wildman–Crippen MR) is 93.4 cm³/mol. The van der Waals surface area contributed by atoms with Gasteiger partial charge in [0.05, 0.1) is 11.7 Å². The van der Waals surface area contributed by atoms with Gasteiger partial charge in [0.25, 0.3) is 5.91 Å². The maximum Gasteiger partial charge on any atom is 0.252 e. The Morgan fingerprint density at radius 1 is 1.28 bits per heavy atom. The summed E-state index contributed by atoms with van der Waals surface area (Å²) in [6, 6.07) is 6.06. The van der Waals surface area contributed by atoms with Crippen LogP contribution in [0, 0.1) is 18.3 Å². The van der Waals surface area contributed by atoms with Crippen molar-refractivity contribution in [3.05, 3.63) is 46.9 Å². The summed E-state index contributed by atoms with van der Waals surface area (Å²) in [4.78, 5) is 20.6. The Labute approximate surface area is 146 Å². The van der Waals surface area contributed by atoms with Gasteiger partial charge in [0.1, 0.15) is 18.0 Å². The SMILES string of the molecule is Cc1cc(Nc2ncncc2C#N)cc2c1C(=O)NC21CCCCC1. The normalized spacial score (nSPS) is 17.7. The molecule has 1 saturated carbocycles. The van der Waals surface area contributed by atoms with Crippen LogP contribution in [-0.4, -0.2) is 15.9 Å². The molecule has 0 radical (unpaired) electrons. The fourth-order valence-corrected chi connectivity index (χ4v) is 4.08. The van der Waals surface area contributed by atoms with Gasteiger partial charge in [0.2, 0.25) is 0 Å². The molecule has 2 aromatic rings. The van der Waals surface area contributed by atoms with E-state index in [2.05, 4.69) is 26.7 Å². The van der Waals surface area contributed by atoms with Crippen molar-refractivity contribution < 1.29 is 4.79 Å². The summed E-state index contributed by atoms with van der Waals surface area (Å²) in [5.74, 6) is 0.507. The van der Waals surface area contributed by atoms with Crippen LogP contribution in [0.15, 0.2) is 24.7 Å². The maximum absolute atomic E-state index is 12.5. The summed E-state index contributed by atoms with van der Waals surface area (Å²) in [5, 5.41) is 15.7. The molecule has 1 aliphatic heterocycles. The molecule has 0 unspecified atom stereocenters. The van der Waals surface area contributed by atoms with Crippen LogP contribution in [0.1, 0.15) is 59.2 Å². The van der Waals surface area contributed by atoms with Gasteiger partial charge in [0, 0.05) is 11.3 Å². The highest BCUT2D eigenvalue weighted by atomic mass is 16.2. The molecule has 0 bridgehead atoms. The van der Waals surface area contributed by atoms with E-state index in [1.165, 1.54) is 18.9 Å². The van der Waals surface area contributed by atoms with E-state index < -0.39 is 0 Å². The highest BCUT2D eigenvalue weighted by molar-refractivity contribution is 6.02. The van der Waals surface area contributed by atoms with Crippen LogP contribution >= 0.6 is 0 Å². The summed E-state index contributed by atoms with van der Waals surface area (Å²) < 4.78 is 0. The maximum atomic E-state index is 12.5. The second kappa shape index (κ2) is 5.85. The van der Waals surface area contributed by atoms with E-state index in [9.17, 15) is 10.1 Å². The van der Waals surface area contributed by atoms with Gasteiger partial charge in [-0.05, 0) is 43.0 Å². The molecule has 2 aliphatic rings. The molecule has 2 N–H and O–H groups in total. The average molecular weight is 333 g/mol. The third-order valence-corrected chi connectivity index (χ3v) is 5.23. The van der Waals surface area contributed by atoms with Crippen LogP contribution in [0.5, 0.6) is 0 Å². The van der Waals surface area contributed by atoms with Crippen molar-refractivity contribution in [2.24, 2.45) is 0 Å². The minimum Gasteiger partial charge on any atom is -0.342 e. The Bertz CT molecular complexity index is 893. The summed E-state index contributed by atoms with van der Waals surface area (Å²) in [7, 11) is 0. The van der Waals surface area contributed by atoms with Crippen molar-refractivity contribution in [3.8, 4) is 6.07 Å². The van der Waals surface area contributed by atoms with Crippen LogP contribution in [0.25, 0.3) is 0 Å². The molecule has 6 nitrogen and oxygen atoms in total. The number of hydrogen-bond acceptors (Lipinski definition) is 5. The number of rotatable bonds is 2. The number of nitriles is 1. The predicted octanol–water partition coefficient (Wildman–Crippen LogP) is 3.30. The molecular formula is C19H19N5O. The van der Waals surface area contributed by atoms with Crippen molar-refractivity contribution in [2.75, 3.05) is 5.32 Å². The molecule has 4 rings (SSSR count). The lowest BCUT2D eigenvalue weighted by Crippen LogP contribution is -2.40. The first-order chi connectivity index (χ1) is 12.1. The zero-order chi connectivity index (χ0) is 17.4. The van der Waals surface area contributed by atoms with Gasteiger partial charge in [-0.15, -0.1) is 0 Å². The van der Waals surface area contributed by atoms with Crippen LogP contribution in [-0.2, 0) is 5.54 Å². The zero-order valence-electron chi connectivity index (χ0n) is 14.1. The zero-order valence-corrected chi connectivity index (χ0v) is 14.1. The van der Waals surface area contributed by atoms with Crippen LogP contribution in [0.4, 0.5) is 11.5 Å². The van der Waals surface area contributed by atoms with Crippen molar-refractivity contribution >= 4 is 17.4 Å². The summed E-state index contributed by atoms with van der Waals surface area (Å²) in [5.41, 5.74) is 3.81. The highest BCUT2D eigenvalue weighted by Crippen LogP contribution is 2.44. The number of benzene rings is 1. The van der Waals surface area contributed by atoms with Gasteiger partial charge >= 0.3 is 0 Å². The third-order valence-electron chi connectivity index (χ3n) is 5.23. The molecule has 25 heavy (non-hydrogen) atoms. The Balaban J connectivity index is 1.77. The molecule has 1 aromatic heterocycles. The fourth-order valence-electron chi connectivity index (χ4n) is 4.08. The number of fused-ring (bicyclic) bond motifs is 2. The lowest BCUT2D eigenvalue weighted by atomic mass is 9.77. The van der Waals surface area contributed by atoms with E-state index in [4.69, 9.17) is 0 Å². The molecule has 6 heteroatoms. The number of hydrogen-bond donors (Lipinski definition) is 2. The number of nitrogens with zero attached hydrogens (tertiary/aromatic N) is 3. The first-order valence-corrected chi connectivity index (χ1v) is 8.58. The van der Waals surface area contributed by atoms with E-state index in [-0.39, 0.29) is 11.4 Å². The summed E-state index contributed by atoms with van der Waals surface area (Å²) >= 11 is 0. The van der Waals surface area contributed by atoms with Crippen molar-refractivity contribution in [1.82, 2.24) is 15.3 Å². The molecule has 1 aliphatic carbocycles. The molecule has 0 saturated heterocycles. The van der Waals surface area contributed by atoms with Crippen molar-refractivity contribution in [2.45, 2.75) is 44.6 Å². The summed E-state index contributed by atoms with van der Waals surface area (Å²) in [6.45, 7) is 1.95. The lowest BCUT2D eigenvalue weighted by Gasteiger charge is -2.34. The first kappa shape index (κ1) is 15.6. The van der Waals surface area contributed by atoms with Crippen LogP contribution < -0.4 is 10.6 Å². The topological polar surface area (TPSA) is 90.7 Å². The minimum atomic E-state index is -0.239. The second-order valence-electron chi connectivity index (χ2n) is 6.83. The molecule has 126 valence electrons. The van der Waals surface area contributed by atoms with Gasteiger partial charge in [-0.3, -0.25) is 4.79 Å². The lowest BCUT2D eigenvalue weighted by molar-refractivity contribution is 0.0909. The largest absolute Gasteiger partial charge is 0.342 e. The smallest absolute Gasteiger partial charge is 0.252 e. The minimum absolute atomic E-state index is 0.0284. The van der Waals surface area contributed by atoms with E-state index in [0.717, 1.165) is 48.1 Å². The molecule has 0 atom stereocenters. The molecule has 1 amide bonds. The van der Waals surface area contributed by atoms with Crippen molar-refractivity contribution in [3.63, 3.8) is 0 Å². The van der Waals surface area contributed by atoms with E-state index in [0.29, 0.717) is 11.4 Å². The van der Waals surface area contributed by atoms with Gasteiger partial charge in [-0.25, -0.2) is 9.97 Å².